The van der Waals surface area contributed by atoms with E-state index in [0.29, 0.717) is 30.6 Å². The van der Waals surface area contributed by atoms with Crippen molar-refractivity contribution in [2.24, 2.45) is 0 Å². The Morgan fingerprint density at radius 1 is 1.09 bits per heavy atom. The third-order valence-corrected chi connectivity index (χ3v) is 7.78. The Morgan fingerprint density at radius 3 is 2.47 bits per heavy atom. The molecule has 1 saturated heterocycles. The number of benzene rings is 2. The van der Waals surface area contributed by atoms with Crippen molar-refractivity contribution in [1.82, 2.24) is 14.7 Å². The van der Waals surface area contributed by atoms with Crippen LogP contribution in [-0.4, -0.2) is 48.5 Å². The molecule has 1 aromatic heterocycles. The van der Waals surface area contributed by atoms with Gasteiger partial charge >= 0.3 is 6.03 Å². The van der Waals surface area contributed by atoms with Crippen LogP contribution in [-0.2, 0) is 11.5 Å². The molecule has 0 atom stereocenters. The molecular formula is C25H32F2N4O2Si. The number of nitrogens with zero attached hydrogens (tertiary/aromatic N) is 3. The summed E-state index contributed by atoms with van der Waals surface area (Å²) >= 11 is 0. The number of nitrogens with one attached hydrogen (secondary N) is 1. The maximum Gasteiger partial charge on any atom is 0.323 e. The normalized spacial score (nSPS) is 14.6. The summed E-state index contributed by atoms with van der Waals surface area (Å²) in [6, 6.07) is 11.0. The molecule has 2 amide bonds. The van der Waals surface area contributed by atoms with Crippen molar-refractivity contribution in [3.05, 3.63) is 48.0 Å². The molecule has 9 heteroatoms. The molecule has 2 aromatic carbocycles. The van der Waals surface area contributed by atoms with E-state index < -0.39 is 19.7 Å². The molecule has 4 rings (SSSR count). The molecule has 1 N–H and O–H groups in total. The van der Waals surface area contributed by atoms with Gasteiger partial charge in [0.25, 0.3) is 0 Å². The van der Waals surface area contributed by atoms with Crippen LogP contribution in [0.5, 0.6) is 0 Å². The summed E-state index contributed by atoms with van der Waals surface area (Å²) in [5.74, 6) is -1.75. The number of likely N-dealkylation sites (tertiary alicyclic amines) is 1. The van der Waals surface area contributed by atoms with Gasteiger partial charge in [0.05, 0.1) is 0 Å². The van der Waals surface area contributed by atoms with Crippen molar-refractivity contribution in [2.75, 3.05) is 25.0 Å². The lowest BCUT2D eigenvalue weighted by molar-refractivity contribution is 0.0814. The number of urea groups is 1. The fraction of sp³-hybridized carbons (Fsp3) is 0.440. The summed E-state index contributed by atoms with van der Waals surface area (Å²) in [4.78, 5) is 14.6. The average molecular weight is 487 g/mol. The molecular weight excluding hydrogens is 454 g/mol. The molecule has 3 aromatic rings. The zero-order valence-corrected chi connectivity index (χ0v) is 21.0. The molecule has 34 heavy (non-hydrogen) atoms. The standard InChI is InChI=1S/C25H32F2N4O2Si/c1-34(2,3)15-14-33-17-31-23-20(24(29-31)28-25(32)30-12-8-5-9-13-30)16-19(21(26)22(23)27)18-10-6-4-7-11-18/h4,6-7,10-11,16H,5,8-9,12-15,17H2,1-3H3,(H,28,29,32). The highest BCUT2D eigenvalue weighted by atomic mass is 28.3. The predicted octanol–water partition coefficient (Wildman–Crippen LogP) is 6.31. The van der Waals surface area contributed by atoms with Gasteiger partial charge in [-0.2, -0.15) is 5.10 Å². The van der Waals surface area contributed by atoms with Crippen molar-refractivity contribution in [1.29, 1.82) is 0 Å². The fourth-order valence-electron chi connectivity index (χ4n) is 4.09. The molecule has 0 bridgehead atoms. The van der Waals surface area contributed by atoms with Gasteiger partial charge in [0.15, 0.2) is 17.5 Å². The number of amides is 2. The third kappa shape index (κ3) is 5.47. The van der Waals surface area contributed by atoms with Gasteiger partial charge in [-0.25, -0.2) is 18.3 Å². The van der Waals surface area contributed by atoms with Crippen LogP contribution >= 0.6 is 0 Å². The zero-order chi connectivity index (χ0) is 24.3. The number of hydrogen-bond acceptors (Lipinski definition) is 3. The zero-order valence-electron chi connectivity index (χ0n) is 20.0. The second kappa shape index (κ2) is 10.2. The SMILES string of the molecule is C[Si](C)(C)CCOCn1nc(NC(=O)N2CCCCC2)c2cc(-c3ccccc3)c(F)c(F)c21. The lowest BCUT2D eigenvalue weighted by Crippen LogP contribution is -2.38. The number of ether oxygens (including phenoxy) is 1. The van der Waals surface area contributed by atoms with Crippen LogP contribution in [0.15, 0.2) is 36.4 Å². The van der Waals surface area contributed by atoms with Crippen LogP contribution in [0.3, 0.4) is 0 Å². The van der Waals surface area contributed by atoms with Crippen LogP contribution in [0.2, 0.25) is 25.7 Å². The Morgan fingerprint density at radius 2 is 1.79 bits per heavy atom. The van der Waals surface area contributed by atoms with Gasteiger partial charge < -0.3 is 9.64 Å². The second-order valence-electron chi connectivity index (χ2n) is 9.99. The molecule has 6 nitrogen and oxygen atoms in total. The summed E-state index contributed by atoms with van der Waals surface area (Å²) in [7, 11) is -1.30. The maximum absolute atomic E-state index is 15.4. The van der Waals surface area contributed by atoms with Crippen LogP contribution in [0.25, 0.3) is 22.0 Å². The number of halogens is 2. The van der Waals surface area contributed by atoms with Crippen LogP contribution in [0.4, 0.5) is 19.4 Å². The largest absolute Gasteiger partial charge is 0.360 e. The fourth-order valence-corrected chi connectivity index (χ4v) is 4.85. The molecule has 0 radical (unpaired) electrons. The van der Waals surface area contributed by atoms with Crippen LogP contribution in [0, 0.1) is 11.6 Å². The maximum atomic E-state index is 15.4. The van der Waals surface area contributed by atoms with E-state index in [1.165, 1.54) is 4.68 Å². The molecule has 2 heterocycles. The first-order valence-corrected chi connectivity index (χ1v) is 15.5. The Hall–Kier alpha value is -2.78. The van der Waals surface area contributed by atoms with Crippen molar-refractivity contribution >= 4 is 30.8 Å². The van der Waals surface area contributed by atoms with Crippen LogP contribution < -0.4 is 5.32 Å². The van der Waals surface area contributed by atoms with Gasteiger partial charge in [-0.1, -0.05) is 50.0 Å². The molecule has 1 aliphatic rings. The first kappa shape index (κ1) is 24.3. The smallest absolute Gasteiger partial charge is 0.323 e. The molecule has 0 aliphatic carbocycles. The Kier molecular flexibility index (Phi) is 7.32. The Labute approximate surface area is 199 Å². The molecule has 1 aliphatic heterocycles. The number of carbonyl (C=O) groups is 1. The minimum Gasteiger partial charge on any atom is -0.360 e. The number of hydrogen-bond donors (Lipinski definition) is 1. The minimum atomic E-state index is -1.30. The van der Waals surface area contributed by atoms with Crippen molar-refractivity contribution in [3.63, 3.8) is 0 Å². The average Bonchev–Trinajstić information content (AvgIpc) is 3.16. The van der Waals surface area contributed by atoms with E-state index in [9.17, 15) is 4.79 Å². The first-order valence-electron chi connectivity index (χ1n) is 11.8. The van der Waals surface area contributed by atoms with Gasteiger partial charge in [0.1, 0.15) is 12.2 Å². The predicted molar refractivity (Wildman–Crippen MR) is 134 cm³/mol. The number of rotatable bonds is 7. The highest BCUT2D eigenvalue weighted by Crippen LogP contribution is 2.34. The lowest BCUT2D eigenvalue weighted by Gasteiger charge is -2.26. The van der Waals surface area contributed by atoms with E-state index >= 15 is 8.78 Å². The van der Waals surface area contributed by atoms with E-state index in [1.807, 2.05) is 6.07 Å². The van der Waals surface area contributed by atoms with Gasteiger partial charge in [0, 0.05) is 38.7 Å². The monoisotopic (exact) mass is 486 g/mol. The van der Waals surface area contributed by atoms with Gasteiger partial charge in [0.2, 0.25) is 0 Å². The topological polar surface area (TPSA) is 59.4 Å². The molecule has 1 fully saturated rings. The quantitative estimate of drug-likeness (QED) is 0.314. The minimum absolute atomic E-state index is 0.0147. The highest BCUT2D eigenvalue weighted by Gasteiger charge is 2.25. The summed E-state index contributed by atoms with van der Waals surface area (Å²) in [6.07, 6.45) is 3.00. The molecule has 182 valence electrons. The number of aromatic nitrogens is 2. The van der Waals surface area contributed by atoms with Crippen molar-refractivity contribution in [2.45, 2.75) is 51.7 Å². The number of anilines is 1. The van der Waals surface area contributed by atoms with Gasteiger partial charge in [-0.05, 0) is 36.9 Å². The van der Waals surface area contributed by atoms with Gasteiger partial charge in [-0.3, -0.25) is 5.32 Å². The highest BCUT2D eigenvalue weighted by molar-refractivity contribution is 6.76. The second-order valence-corrected chi connectivity index (χ2v) is 15.6. The molecule has 0 unspecified atom stereocenters. The van der Waals surface area contributed by atoms with E-state index in [4.69, 9.17) is 4.74 Å². The van der Waals surface area contributed by atoms with Crippen LogP contribution in [0.1, 0.15) is 19.3 Å². The molecule has 0 spiro atoms. The van der Waals surface area contributed by atoms with E-state index in [-0.39, 0.29) is 29.7 Å². The summed E-state index contributed by atoms with van der Waals surface area (Å²) < 4.78 is 37.6. The Bertz CT molecular complexity index is 1160. The summed E-state index contributed by atoms with van der Waals surface area (Å²) in [5, 5.41) is 7.61. The van der Waals surface area contributed by atoms with Crippen molar-refractivity contribution in [3.8, 4) is 11.1 Å². The van der Waals surface area contributed by atoms with E-state index in [0.717, 1.165) is 25.3 Å². The van der Waals surface area contributed by atoms with Gasteiger partial charge in [-0.15, -0.1) is 0 Å². The summed E-state index contributed by atoms with van der Waals surface area (Å²) in [6.45, 7) is 8.56. The van der Waals surface area contributed by atoms with Crippen molar-refractivity contribution < 1.29 is 18.3 Å². The van der Waals surface area contributed by atoms with E-state index in [1.54, 1.807) is 35.2 Å². The number of carbonyl (C=O) groups excluding carboxylic acids is 1. The van der Waals surface area contributed by atoms with E-state index in [2.05, 4.69) is 30.1 Å². The number of fused-ring (bicyclic) bond motifs is 1. The first-order chi connectivity index (χ1) is 16.2. The molecule has 0 saturated carbocycles. The number of piperidine rings is 1. The lowest BCUT2D eigenvalue weighted by atomic mass is 10.0. The third-order valence-electron chi connectivity index (χ3n) is 6.08. The summed E-state index contributed by atoms with van der Waals surface area (Å²) in [5.41, 5.74) is 0.658. The Balaban J connectivity index is 1.71.